The number of hydrogen-bond acceptors (Lipinski definition) is 7. The summed E-state index contributed by atoms with van der Waals surface area (Å²) in [4.78, 5) is 22.9. The normalized spacial score (nSPS) is 14.1. The molecule has 2 unspecified atom stereocenters. The molecule has 2 atom stereocenters. The molecule has 0 saturated heterocycles. The zero-order valence-corrected chi connectivity index (χ0v) is 15.0. The third-order valence-electron chi connectivity index (χ3n) is 3.13. The molecule has 1 aromatic heterocycles. The molecule has 9 heteroatoms. The number of rotatable bonds is 7. The van der Waals surface area contributed by atoms with Gasteiger partial charge in [-0.2, -0.15) is 8.42 Å². The number of carbonyl (C=O) groups is 2. The van der Waals surface area contributed by atoms with Gasteiger partial charge >= 0.3 is 11.9 Å². The average molecular weight is 364 g/mol. The number of ether oxygens (including phenoxy) is 2. The molecule has 0 bridgehead atoms. The number of hydrogen-bond donors (Lipinski definition) is 1. The summed E-state index contributed by atoms with van der Waals surface area (Å²) in [5.74, 6) is -1.66. The SMILES string of the molecule is CCC(C)OC(=O)c1cc(S(=O)(=O)O)c(C(=O)OC(C)CC)s1. The van der Waals surface area contributed by atoms with Gasteiger partial charge in [-0.05, 0) is 32.8 Å². The molecule has 130 valence electrons. The minimum absolute atomic E-state index is 0.0889. The summed E-state index contributed by atoms with van der Waals surface area (Å²) < 4.78 is 42.3. The highest BCUT2D eigenvalue weighted by atomic mass is 32.2. The van der Waals surface area contributed by atoms with E-state index in [1.807, 2.05) is 6.92 Å². The maximum absolute atomic E-state index is 12.1. The van der Waals surface area contributed by atoms with E-state index >= 15 is 0 Å². The van der Waals surface area contributed by atoms with Crippen LogP contribution in [0.25, 0.3) is 0 Å². The molecule has 1 aromatic rings. The maximum atomic E-state index is 12.1. The minimum Gasteiger partial charge on any atom is -0.459 e. The minimum atomic E-state index is -4.67. The molecule has 0 radical (unpaired) electrons. The molecule has 1 heterocycles. The first kappa shape index (κ1) is 19.6. The molecule has 0 fully saturated rings. The molecule has 0 saturated carbocycles. The third-order valence-corrected chi connectivity index (χ3v) is 5.23. The second kappa shape index (κ2) is 7.89. The standard InChI is InChI=1S/C14H20O7S2/c1-5-8(3)20-13(15)10-7-11(23(17,18)19)12(22-10)14(16)21-9(4)6-2/h7-9H,5-6H2,1-4H3,(H,17,18,19). The zero-order valence-electron chi connectivity index (χ0n) is 13.4. The molecule has 23 heavy (non-hydrogen) atoms. The number of esters is 2. The second-order valence-electron chi connectivity index (χ2n) is 5.03. The third kappa shape index (κ3) is 5.29. The van der Waals surface area contributed by atoms with Gasteiger partial charge in [0.25, 0.3) is 10.1 Å². The van der Waals surface area contributed by atoms with Crippen LogP contribution >= 0.6 is 11.3 Å². The molecular formula is C14H20O7S2. The van der Waals surface area contributed by atoms with E-state index in [0.717, 1.165) is 6.07 Å². The quantitative estimate of drug-likeness (QED) is 0.585. The van der Waals surface area contributed by atoms with Crippen LogP contribution in [0.4, 0.5) is 0 Å². The van der Waals surface area contributed by atoms with Crippen molar-refractivity contribution in [1.29, 1.82) is 0 Å². The van der Waals surface area contributed by atoms with E-state index in [9.17, 15) is 22.6 Å². The lowest BCUT2D eigenvalue weighted by molar-refractivity contribution is 0.0329. The highest BCUT2D eigenvalue weighted by molar-refractivity contribution is 7.86. The van der Waals surface area contributed by atoms with Crippen molar-refractivity contribution in [3.63, 3.8) is 0 Å². The fourth-order valence-corrected chi connectivity index (χ4v) is 3.37. The van der Waals surface area contributed by atoms with E-state index in [0.29, 0.717) is 24.2 Å². The van der Waals surface area contributed by atoms with Crippen molar-refractivity contribution < 1.29 is 32.0 Å². The predicted molar refractivity (Wildman–Crippen MR) is 84.5 cm³/mol. The van der Waals surface area contributed by atoms with E-state index in [4.69, 9.17) is 9.47 Å². The van der Waals surface area contributed by atoms with Crippen LogP contribution in [0.2, 0.25) is 0 Å². The van der Waals surface area contributed by atoms with Gasteiger partial charge in [0.1, 0.15) is 14.6 Å². The van der Waals surface area contributed by atoms with Gasteiger partial charge in [0, 0.05) is 0 Å². The van der Waals surface area contributed by atoms with Crippen molar-refractivity contribution in [2.24, 2.45) is 0 Å². The predicted octanol–water partition coefficient (Wildman–Crippen LogP) is 2.91. The monoisotopic (exact) mass is 364 g/mol. The van der Waals surface area contributed by atoms with E-state index in [2.05, 4.69) is 0 Å². The van der Waals surface area contributed by atoms with E-state index in [-0.39, 0.29) is 15.9 Å². The van der Waals surface area contributed by atoms with E-state index < -0.39 is 33.1 Å². The van der Waals surface area contributed by atoms with Gasteiger partial charge in [0.05, 0.1) is 12.2 Å². The van der Waals surface area contributed by atoms with Crippen LogP contribution in [0.1, 0.15) is 59.9 Å². The van der Waals surface area contributed by atoms with Crippen molar-refractivity contribution in [1.82, 2.24) is 0 Å². The van der Waals surface area contributed by atoms with Crippen LogP contribution in [0, 0.1) is 0 Å². The molecular weight excluding hydrogens is 344 g/mol. The highest BCUT2D eigenvalue weighted by Gasteiger charge is 2.29. The Bertz CT molecular complexity index is 675. The Hall–Kier alpha value is -1.45. The Kier molecular flexibility index (Phi) is 6.72. The summed E-state index contributed by atoms with van der Waals surface area (Å²) in [5, 5.41) is 0. The largest absolute Gasteiger partial charge is 0.459 e. The van der Waals surface area contributed by atoms with Crippen molar-refractivity contribution in [2.45, 2.75) is 57.6 Å². The molecule has 0 spiro atoms. The van der Waals surface area contributed by atoms with Crippen LogP contribution in [-0.4, -0.2) is 37.1 Å². The summed E-state index contributed by atoms with van der Waals surface area (Å²) in [6, 6.07) is 0.928. The molecule has 0 aliphatic heterocycles. The summed E-state index contributed by atoms with van der Waals surface area (Å²) in [5.41, 5.74) is 0. The van der Waals surface area contributed by atoms with Gasteiger partial charge < -0.3 is 9.47 Å². The molecule has 0 amide bonds. The van der Waals surface area contributed by atoms with Crippen LogP contribution in [0.5, 0.6) is 0 Å². The lowest BCUT2D eigenvalue weighted by atomic mass is 10.3. The van der Waals surface area contributed by atoms with Crippen molar-refractivity contribution >= 4 is 33.4 Å². The lowest BCUT2D eigenvalue weighted by Gasteiger charge is -2.10. The van der Waals surface area contributed by atoms with Gasteiger partial charge in [-0.3, -0.25) is 4.55 Å². The zero-order chi connectivity index (χ0) is 17.8. The fourth-order valence-electron chi connectivity index (χ4n) is 1.45. The Morgan fingerprint density at radius 2 is 1.61 bits per heavy atom. The number of carbonyl (C=O) groups excluding carboxylic acids is 2. The Morgan fingerprint density at radius 1 is 1.13 bits per heavy atom. The van der Waals surface area contributed by atoms with E-state index in [1.54, 1.807) is 20.8 Å². The molecule has 0 aliphatic carbocycles. The summed E-state index contributed by atoms with van der Waals surface area (Å²) in [7, 11) is -4.67. The van der Waals surface area contributed by atoms with E-state index in [1.165, 1.54) is 0 Å². The van der Waals surface area contributed by atoms with Crippen molar-refractivity contribution in [2.75, 3.05) is 0 Å². The molecule has 1 rings (SSSR count). The Labute approximate surface area is 139 Å². The van der Waals surface area contributed by atoms with Gasteiger partial charge in [-0.25, -0.2) is 9.59 Å². The summed E-state index contributed by atoms with van der Waals surface area (Å²) in [6.07, 6.45) is 0.357. The molecule has 0 aliphatic rings. The second-order valence-corrected chi connectivity index (χ2v) is 7.47. The number of thiophene rings is 1. The van der Waals surface area contributed by atoms with Gasteiger partial charge in [0.15, 0.2) is 0 Å². The van der Waals surface area contributed by atoms with Crippen molar-refractivity contribution in [3.8, 4) is 0 Å². The molecule has 0 aromatic carbocycles. The van der Waals surface area contributed by atoms with Crippen LogP contribution in [0.3, 0.4) is 0 Å². The first-order chi connectivity index (χ1) is 10.6. The fraction of sp³-hybridized carbons (Fsp3) is 0.571. The highest BCUT2D eigenvalue weighted by Crippen LogP contribution is 2.29. The lowest BCUT2D eigenvalue weighted by Crippen LogP contribution is -2.15. The van der Waals surface area contributed by atoms with Crippen LogP contribution < -0.4 is 0 Å². The van der Waals surface area contributed by atoms with Gasteiger partial charge in [0.2, 0.25) is 0 Å². The Balaban J connectivity index is 3.19. The van der Waals surface area contributed by atoms with Gasteiger partial charge in [-0.1, -0.05) is 13.8 Å². The smallest absolute Gasteiger partial charge is 0.350 e. The summed E-state index contributed by atoms with van der Waals surface area (Å²) in [6.45, 7) is 6.96. The van der Waals surface area contributed by atoms with Crippen LogP contribution in [-0.2, 0) is 19.6 Å². The Morgan fingerprint density at radius 3 is 2.04 bits per heavy atom. The molecule has 1 N–H and O–H groups in total. The maximum Gasteiger partial charge on any atom is 0.350 e. The van der Waals surface area contributed by atoms with Gasteiger partial charge in [-0.15, -0.1) is 11.3 Å². The first-order valence-corrected chi connectivity index (χ1v) is 9.39. The topological polar surface area (TPSA) is 107 Å². The average Bonchev–Trinajstić information content (AvgIpc) is 2.92. The first-order valence-electron chi connectivity index (χ1n) is 7.13. The summed E-state index contributed by atoms with van der Waals surface area (Å²) >= 11 is 0.619. The van der Waals surface area contributed by atoms with Crippen molar-refractivity contribution in [3.05, 3.63) is 15.8 Å². The van der Waals surface area contributed by atoms with Crippen LogP contribution in [0.15, 0.2) is 11.0 Å². The molecule has 7 nitrogen and oxygen atoms in total.